The number of carbonyl (C=O) groups excluding carboxylic acids is 2. The average molecular weight is 919 g/mol. The van der Waals surface area contributed by atoms with E-state index in [4.69, 9.17) is 9.47 Å². The minimum Gasteiger partial charge on any atom is -0.465 e. The molecular formula is C46H50F4N8O8. The Hall–Kier alpha value is -6.46. The lowest BCUT2D eigenvalue weighted by Crippen LogP contribution is -2.63. The molecule has 66 heavy (non-hydrogen) atoms. The van der Waals surface area contributed by atoms with E-state index in [0.29, 0.717) is 79.1 Å². The molecule has 0 saturated carbocycles. The summed E-state index contributed by atoms with van der Waals surface area (Å²) in [6, 6.07) is 10.8. The number of hydrogen-bond acceptors (Lipinski definition) is 8. The number of carbonyl (C=O) groups is 4. The minimum atomic E-state index is -3.23. The predicted octanol–water partition coefficient (Wildman–Crippen LogP) is 6.59. The Morgan fingerprint density at radius 3 is 1.80 bits per heavy atom. The van der Waals surface area contributed by atoms with Crippen LogP contribution in [-0.2, 0) is 19.1 Å². The van der Waals surface area contributed by atoms with Crippen LogP contribution in [0.25, 0.3) is 22.5 Å². The molecular weight excluding hydrogens is 869 g/mol. The third-order valence-electron chi connectivity index (χ3n) is 13.0. The standard InChI is InChI=1S/C46H50F4N8O8/c1-26-19-32(15-18-66-26)44(2,56-43(63)64)41(60)58-25-46(49,50)21-36(58)39-52-23-34(54-39)30-11-7-28(8-12-30)4-3-27-5-9-29(10-6-27)33-22-51-38(53-33)35-20-45(47,48)24-57(35)40(59)37(55-42(61)62)31-13-16-65-17-14-31/h5-12,22-23,26,31-32,35-37,55-56H,13-21,24-25H2,1-2H3,(H,51,53)(H,52,54)(H,61,62)(H,63,64)/t26?,32?,35-,36-,37-,44-/m0/s1. The molecule has 8 rings (SSSR count). The van der Waals surface area contributed by atoms with Gasteiger partial charge in [0.15, 0.2) is 0 Å². The van der Waals surface area contributed by atoms with Crippen molar-refractivity contribution in [3.05, 3.63) is 83.7 Å². The number of aromatic nitrogens is 4. The van der Waals surface area contributed by atoms with Gasteiger partial charge in [-0.2, -0.15) is 0 Å². The largest absolute Gasteiger partial charge is 0.465 e. The number of hydrogen-bond donors (Lipinski definition) is 6. The van der Waals surface area contributed by atoms with Gasteiger partial charge in [0.2, 0.25) is 11.8 Å². The van der Waals surface area contributed by atoms with Gasteiger partial charge in [-0.25, -0.2) is 37.1 Å². The quantitative estimate of drug-likeness (QED) is 0.0742. The van der Waals surface area contributed by atoms with Crippen LogP contribution in [0.5, 0.6) is 0 Å². The maximum absolute atomic E-state index is 15.1. The van der Waals surface area contributed by atoms with Gasteiger partial charge in [-0.3, -0.25) is 9.59 Å². The second-order valence-electron chi connectivity index (χ2n) is 17.7. The molecule has 4 saturated heterocycles. The van der Waals surface area contributed by atoms with Crippen LogP contribution in [-0.4, -0.2) is 126 Å². The van der Waals surface area contributed by atoms with Crippen molar-refractivity contribution in [3.63, 3.8) is 0 Å². The van der Waals surface area contributed by atoms with Crippen LogP contribution >= 0.6 is 0 Å². The van der Waals surface area contributed by atoms with Crippen LogP contribution in [0.4, 0.5) is 27.2 Å². The summed E-state index contributed by atoms with van der Waals surface area (Å²) in [5, 5.41) is 23.8. The first-order valence-corrected chi connectivity index (χ1v) is 21.8. The highest BCUT2D eigenvalue weighted by atomic mass is 19.3. The highest BCUT2D eigenvalue weighted by Gasteiger charge is 2.55. The smallest absolute Gasteiger partial charge is 0.405 e. The lowest BCUT2D eigenvalue weighted by molar-refractivity contribution is -0.144. The zero-order chi connectivity index (χ0) is 47.0. The van der Waals surface area contributed by atoms with E-state index in [-0.39, 0.29) is 17.8 Å². The van der Waals surface area contributed by atoms with Gasteiger partial charge in [0.05, 0.1) is 55.1 Å². The Balaban J connectivity index is 0.927. The second kappa shape index (κ2) is 18.4. The van der Waals surface area contributed by atoms with E-state index in [1.165, 1.54) is 19.3 Å². The molecule has 4 fully saturated rings. The molecule has 0 aliphatic carbocycles. The molecule has 4 aliphatic rings. The second-order valence-corrected chi connectivity index (χ2v) is 17.7. The number of aromatic amines is 2. The van der Waals surface area contributed by atoms with Gasteiger partial charge >= 0.3 is 12.2 Å². The maximum atomic E-state index is 15.1. The van der Waals surface area contributed by atoms with Gasteiger partial charge in [0.25, 0.3) is 11.8 Å². The molecule has 0 radical (unpaired) electrons. The fourth-order valence-electron chi connectivity index (χ4n) is 9.60. The molecule has 2 aromatic carbocycles. The molecule has 6 atom stereocenters. The number of ether oxygens (including phenoxy) is 2. The first-order chi connectivity index (χ1) is 31.4. The zero-order valence-electron chi connectivity index (χ0n) is 36.2. The van der Waals surface area contributed by atoms with Gasteiger partial charge in [0, 0.05) is 43.8 Å². The number of benzene rings is 2. The molecule has 0 bridgehead atoms. The maximum Gasteiger partial charge on any atom is 0.405 e. The third-order valence-corrected chi connectivity index (χ3v) is 13.0. The number of nitrogens with one attached hydrogen (secondary N) is 4. The van der Waals surface area contributed by atoms with Crippen molar-refractivity contribution in [1.29, 1.82) is 0 Å². The number of rotatable bonds is 10. The van der Waals surface area contributed by atoms with Gasteiger partial charge < -0.3 is 50.1 Å². The zero-order valence-corrected chi connectivity index (χ0v) is 36.2. The monoisotopic (exact) mass is 918 g/mol. The summed E-state index contributed by atoms with van der Waals surface area (Å²) in [5.74, 6) is -2.28. The Morgan fingerprint density at radius 1 is 0.788 bits per heavy atom. The van der Waals surface area contributed by atoms with Crippen LogP contribution in [0.15, 0.2) is 60.9 Å². The van der Waals surface area contributed by atoms with Crippen LogP contribution in [0.3, 0.4) is 0 Å². The normalized spacial score (nSPS) is 24.2. The SMILES string of the molecule is CC1CC([C@](C)(NC(=O)O)C(=O)N2CC(F)(F)C[C@H]2c2ncc(-c3ccc(C#Cc4ccc(-c5cnc([C@@H]6CC(F)(F)CN6C(=O)[C@@H](NC(=O)O)C6CCOCC6)[nH]5)cc4)cc3)[nH]2)CCO1. The number of H-pyrrole nitrogens is 2. The summed E-state index contributed by atoms with van der Waals surface area (Å²) in [4.78, 5) is 68.4. The Labute approximate surface area is 376 Å². The Morgan fingerprint density at radius 2 is 1.30 bits per heavy atom. The molecule has 350 valence electrons. The number of likely N-dealkylation sites (tertiary alicyclic amines) is 2. The van der Waals surface area contributed by atoms with E-state index in [9.17, 15) is 38.2 Å². The highest BCUT2D eigenvalue weighted by molar-refractivity contribution is 5.90. The van der Waals surface area contributed by atoms with E-state index in [2.05, 4.69) is 42.4 Å². The lowest BCUT2D eigenvalue weighted by Gasteiger charge is -2.42. The first kappa shape index (κ1) is 46.1. The molecule has 4 aliphatic heterocycles. The molecule has 4 aromatic rings. The molecule has 2 unspecified atom stereocenters. The summed E-state index contributed by atoms with van der Waals surface area (Å²) >= 11 is 0. The average Bonchev–Trinajstić information content (AvgIpc) is 4.10. The number of amides is 4. The molecule has 6 N–H and O–H groups in total. The molecule has 20 heteroatoms. The van der Waals surface area contributed by atoms with Crippen molar-refractivity contribution >= 4 is 24.0 Å². The highest BCUT2D eigenvalue weighted by Crippen LogP contribution is 2.44. The van der Waals surface area contributed by atoms with Crippen molar-refractivity contribution in [2.24, 2.45) is 11.8 Å². The van der Waals surface area contributed by atoms with Crippen LogP contribution in [0.1, 0.15) is 87.2 Å². The predicted molar refractivity (Wildman–Crippen MR) is 228 cm³/mol. The molecule has 0 spiro atoms. The Kier molecular flexibility index (Phi) is 12.9. The summed E-state index contributed by atoms with van der Waals surface area (Å²) in [5.41, 5.74) is 2.08. The van der Waals surface area contributed by atoms with Crippen LogP contribution in [0.2, 0.25) is 0 Å². The topological polar surface area (TPSA) is 215 Å². The van der Waals surface area contributed by atoms with Gasteiger partial charge in [0.1, 0.15) is 23.2 Å². The van der Waals surface area contributed by atoms with Crippen LogP contribution in [0, 0.1) is 23.7 Å². The first-order valence-electron chi connectivity index (χ1n) is 21.8. The van der Waals surface area contributed by atoms with Gasteiger partial charge in [-0.15, -0.1) is 0 Å². The fraction of sp³-hybridized carbons (Fsp3) is 0.478. The molecule has 16 nitrogen and oxygen atoms in total. The van der Waals surface area contributed by atoms with Crippen molar-refractivity contribution in [3.8, 4) is 34.4 Å². The summed E-state index contributed by atoms with van der Waals surface area (Å²) < 4.78 is 70.9. The number of imidazole rings is 2. The van der Waals surface area contributed by atoms with E-state index in [0.717, 1.165) is 9.80 Å². The van der Waals surface area contributed by atoms with Crippen molar-refractivity contribution in [1.82, 2.24) is 40.4 Å². The summed E-state index contributed by atoms with van der Waals surface area (Å²) in [6.45, 7) is 2.50. The van der Waals surface area contributed by atoms with E-state index >= 15 is 8.78 Å². The fourth-order valence-corrected chi connectivity index (χ4v) is 9.60. The van der Waals surface area contributed by atoms with Gasteiger partial charge in [-0.05, 0) is 86.8 Å². The Bertz CT molecular complexity index is 2500. The number of nitrogens with zero attached hydrogens (tertiary/aromatic N) is 4. The number of alkyl halides is 4. The van der Waals surface area contributed by atoms with E-state index in [1.807, 2.05) is 6.92 Å². The lowest BCUT2D eigenvalue weighted by atomic mass is 9.77. The van der Waals surface area contributed by atoms with Crippen LogP contribution < -0.4 is 10.6 Å². The number of halogens is 4. The van der Waals surface area contributed by atoms with Crippen molar-refractivity contribution in [2.45, 2.75) is 94.0 Å². The van der Waals surface area contributed by atoms with E-state index < -0.39 is 97.3 Å². The summed E-state index contributed by atoms with van der Waals surface area (Å²) in [7, 11) is 0. The third kappa shape index (κ3) is 10.0. The molecule has 6 heterocycles. The summed E-state index contributed by atoms with van der Waals surface area (Å²) in [6.07, 6.45) is 0.118. The molecule has 2 aromatic heterocycles. The van der Waals surface area contributed by atoms with Crippen molar-refractivity contribution < 1.29 is 56.4 Å². The number of carboxylic acid groups (broad SMARTS) is 2. The minimum absolute atomic E-state index is 0.147. The van der Waals surface area contributed by atoms with E-state index in [1.54, 1.807) is 48.5 Å². The van der Waals surface area contributed by atoms with Gasteiger partial charge in [-0.1, -0.05) is 36.1 Å². The van der Waals surface area contributed by atoms with Crippen molar-refractivity contribution in [2.75, 3.05) is 32.9 Å². The molecule has 4 amide bonds.